The molecule has 6 rings (SSSR count). The van der Waals surface area contributed by atoms with E-state index in [0.717, 1.165) is 42.4 Å². The lowest BCUT2D eigenvalue weighted by Gasteiger charge is -2.35. The maximum Gasteiger partial charge on any atom is 0.326 e. The van der Waals surface area contributed by atoms with E-state index < -0.39 is 5.82 Å². The predicted molar refractivity (Wildman–Crippen MR) is 129 cm³/mol. The molecule has 0 amide bonds. The summed E-state index contributed by atoms with van der Waals surface area (Å²) in [4.78, 5) is 14.5. The highest BCUT2D eigenvalue weighted by Gasteiger charge is 2.26. The number of nitrogens with zero attached hydrogens (tertiary/aromatic N) is 4. The van der Waals surface area contributed by atoms with Crippen LogP contribution in [0.25, 0.3) is 10.9 Å². The summed E-state index contributed by atoms with van der Waals surface area (Å²) in [5, 5.41) is 14.6. The van der Waals surface area contributed by atoms with Gasteiger partial charge in [0.15, 0.2) is 17.4 Å². The maximum absolute atomic E-state index is 15.2. The lowest BCUT2D eigenvalue weighted by atomic mass is 10.2. The molecule has 1 saturated heterocycles. The molecule has 10 heteroatoms. The number of aryl methyl sites for hydroxylation is 1. The van der Waals surface area contributed by atoms with Crippen LogP contribution in [0.5, 0.6) is 11.8 Å². The fourth-order valence-corrected chi connectivity index (χ4v) is 4.45. The van der Waals surface area contributed by atoms with Crippen molar-refractivity contribution in [3.8, 4) is 11.8 Å². The van der Waals surface area contributed by atoms with Crippen molar-refractivity contribution in [1.82, 2.24) is 30.5 Å². The molecule has 9 nitrogen and oxygen atoms in total. The Labute approximate surface area is 196 Å². The number of H-pyrrole nitrogens is 2. The van der Waals surface area contributed by atoms with Gasteiger partial charge in [0.25, 0.3) is 0 Å². The average molecular weight is 463 g/mol. The first kappa shape index (κ1) is 20.9. The maximum atomic E-state index is 15.2. The average Bonchev–Trinajstić information content (AvgIpc) is 3.45. The largest absolute Gasteiger partial charge is 0.421 e. The molecule has 4 aromatic rings. The number of hydrogen-bond acceptors (Lipinski definition) is 7. The first-order chi connectivity index (χ1) is 16.5. The molecule has 1 aromatic carbocycles. The first-order valence-corrected chi connectivity index (χ1v) is 11.7. The van der Waals surface area contributed by atoms with Crippen molar-refractivity contribution in [2.45, 2.75) is 38.6 Å². The molecule has 0 spiro atoms. The fraction of sp³-hybridized carbons (Fsp3) is 0.375. The van der Waals surface area contributed by atoms with E-state index >= 15 is 4.39 Å². The molecule has 2 fully saturated rings. The van der Waals surface area contributed by atoms with Crippen LogP contribution in [-0.4, -0.2) is 50.8 Å². The minimum atomic E-state index is -0.442. The van der Waals surface area contributed by atoms with Gasteiger partial charge in [0.1, 0.15) is 11.6 Å². The summed E-state index contributed by atoms with van der Waals surface area (Å²) in [5.41, 5.74) is 2.73. The molecule has 176 valence electrons. The van der Waals surface area contributed by atoms with Gasteiger partial charge in [-0.15, -0.1) is 0 Å². The molecule has 1 saturated carbocycles. The van der Waals surface area contributed by atoms with Crippen molar-refractivity contribution in [3.63, 3.8) is 0 Å². The summed E-state index contributed by atoms with van der Waals surface area (Å²) < 4.78 is 21.1. The molecule has 0 bridgehead atoms. The lowest BCUT2D eigenvalue weighted by Crippen LogP contribution is -2.50. The van der Waals surface area contributed by atoms with E-state index in [2.05, 4.69) is 47.6 Å². The summed E-state index contributed by atoms with van der Waals surface area (Å²) in [7, 11) is 0. The standard InChI is InChI=1S/C24H27FN8O/c1-13-9-16-17(27-13)5-6-19(23(16)25)34-24-29-20(28-21-10-18(31-32-21)15-3-4-15)11-22(30-24)33-8-7-26-12-14(33)2/h5-6,9-11,14-15,26-27H,3-4,7-8,12H2,1-2H3,(H2,28,29,30,31,32). The minimum absolute atomic E-state index is 0.0780. The molecule has 0 radical (unpaired) electrons. The van der Waals surface area contributed by atoms with Gasteiger partial charge in [0.2, 0.25) is 0 Å². The molecule has 4 heterocycles. The number of aromatic nitrogens is 5. The Balaban J connectivity index is 1.34. The molecular formula is C24H27FN8O. The van der Waals surface area contributed by atoms with Crippen LogP contribution < -0.4 is 20.3 Å². The van der Waals surface area contributed by atoms with E-state index in [-0.39, 0.29) is 17.8 Å². The Morgan fingerprint density at radius 2 is 2.03 bits per heavy atom. The number of ether oxygens (including phenoxy) is 1. The number of fused-ring (bicyclic) bond motifs is 1. The zero-order chi connectivity index (χ0) is 23.2. The van der Waals surface area contributed by atoms with Gasteiger partial charge in [0, 0.05) is 66.0 Å². The highest BCUT2D eigenvalue weighted by atomic mass is 19.1. The zero-order valence-electron chi connectivity index (χ0n) is 19.2. The van der Waals surface area contributed by atoms with Crippen LogP contribution in [0.3, 0.4) is 0 Å². The summed E-state index contributed by atoms with van der Waals surface area (Å²) in [6.45, 7) is 6.54. The van der Waals surface area contributed by atoms with Crippen LogP contribution in [0.2, 0.25) is 0 Å². The van der Waals surface area contributed by atoms with Crippen LogP contribution in [0.1, 0.15) is 37.1 Å². The number of anilines is 3. The normalized spacial score (nSPS) is 18.4. The van der Waals surface area contributed by atoms with Crippen molar-refractivity contribution < 1.29 is 9.13 Å². The highest BCUT2D eigenvalue weighted by Crippen LogP contribution is 2.40. The van der Waals surface area contributed by atoms with Crippen LogP contribution in [0.15, 0.2) is 30.3 Å². The van der Waals surface area contributed by atoms with E-state index in [1.165, 1.54) is 12.8 Å². The zero-order valence-corrected chi connectivity index (χ0v) is 19.2. The van der Waals surface area contributed by atoms with Gasteiger partial charge >= 0.3 is 6.01 Å². The van der Waals surface area contributed by atoms with Gasteiger partial charge in [-0.2, -0.15) is 15.1 Å². The van der Waals surface area contributed by atoms with Crippen LogP contribution >= 0.6 is 0 Å². The van der Waals surface area contributed by atoms with E-state index in [4.69, 9.17) is 4.74 Å². The third-order valence-electron chi connectivity index (χ3n) is 6.40. The smallest absolute Gasteiger partial charge is 0.326 e. The first-order valence-electron chi connectivity index (χ1n) is 11.7. The number of hydrogen-bond donors (Lipinski definition) is 4. The lowest BCUT2D eigenvalue weighted by molar-refractivity contribution is 0.412. The van der Waals surface area contributed by atoms with Gasteiger partial charge in [-0.1, -0.05) is 0 Å². The third kappa shape index (κ3) is 4.05. The quantitative estimate of drug-likeness (QED) is 0.338. The number of piperazine rings is 1. The number of nitrogens with one attached hydrogen (secondary N) is 4. The molecule has 1 atom stereocenters. The van der Waals surface area contributed by atoms with Crippen LogP contribution in [-0.2, 0) is 0 Å². The van der Waals surface area contributed by atoms with Gasteiger partial charge in [-0.05, 0) is 44.9 Å². The number of rotatable bonds is 6. The topological polar surface area (TPSA) is 107 Å². The van der Waals surface area contributed by atoms with E-state index in [1.54, 1.807) is 18.2 Å². The van der Waals surface area contributed by atoms with Crippen molar-refractivity contribution in [2.75, 3.05) is 29.9 Å². The summed E-state index contributed by atoms with van der Waals surface area (Å²) in [6, 6.07) is 9.37. The SMILES string of the molecule is Cc1cc2c(F)c(Oc3nc(Nc4cc(C5CC5)[nH]n4)cc(N4CCNCC4C)n3)ccc2[nH]1. The summed E-state index contributed by atoms with van der Waals surface area (Å²) >= 11 is 0. The van der Waals surface area contributed by atoms with Crippen molar-refractivity contribution >= 4 is 28.4 Å². The number of halogens is 1. The molecule has 3 aromatic heterocycles. The Morgan fingerprint density at radius 1 is 1.15 bits per heavy atom. The molecule has 1 aliphatic heterocycles. The second kappa shape index (κ2) is 8.28. The summed E-state index contributed by atoms with van der Waals surface area (Å²) in [6.07, 6.45) is 2.38. The van der Waals surface area contributed by atoms with Crippen molar-refractivity contribution in [1.29, 1.82) is 0 Å². The third-order valence-corrected chi connectivity index (χ3v) is 6.40. The van der Waals surface area contributed by atoms with Crippen molar-refractivity contribution in [2.24, 2.45) is 0 Å². The summed E-state index contributed by atoms with van der Waals surface area (Å²) in [5.74, 6) is 2.15. The second-order valence-corrected chi connectivity index (χ2v) is 9.14. The fourth-order valence-electron chi connectivity index (χ4n) is 4.45. The molecule has 1 aliphatic carbocycles. The highest BCUT2D eigenvalue weighted by molar-refractivity contribution is 5.82. The van der Waals surface area contributed by atoms with E-state index in [9.17, 15) is 0 Å². The number of benzene rings is 1. The molecule has 4 N–H and O–H groups in total. The van der Waals surface area contributed by atoms with Crippen LogP contribution in [0, 0.1) is 12.7 Å². The Bertz CT molecular complexity index is 1340. The Hall–Kier alpha value is -3.66. The molecular weight excluding hydrogens is 435 g/mol. The molecule has 2 aliphatic rings. The Morgan fingerprint density at radius 3 is 2.85 bits per heavy atom. The van der Waals surface area contributed by atoms with Gasteiger partial charge in [0.05, 0.1) is 0 Å². The monoisotopic (exact) mass is 462 g/mol. The van der Waals surface area contributed by atoms with Gasteiger partial charge in [-0.3, -0.25) is 5.10 Å². The van der Waals surface area contributed by atoms with E-state index in [1.807, 2.05) is 19.1 Å². The van der Waals surface area contributed by atoms with E-state index in [0.29, 0.717) is 22.9 Å². The number of aromatic amines is 2. The molecule has 1 unspecified atom stereocenters. The van der Waals surface area contributed by atoms with Crippen molar-refractivity contribution in [3.05, 3.63) is 47.5 Å². The molecule has 34 heavy (non-hydrogen) atoms. The second-order valence-electron chi connectivity index (χ2n) is 9.14. The minimum Gasteiger partial charge on any atom is -0.421 e. The van der Waals surface area contributed by atoms with Crippen LogP contribution in [0.4, 0.5) is 21.8 Å². The van der Waals surface area contributed by atoms with Gasteiger partial charge in [-0.25, -0.2) is 4.39 Å². The predicted octanol–water partition coefficient (Wildman–Crippen LogP) is 4.34. The van der Waals surface area contributed by atoms with Gasteiger partial charge < -0.3 is 25.3 Å². The Kier molecular flexibility index (Phi) is 5.09.